The van der Waals surface area contributed by atoms with E-state index in [4.69, 9.17) is 14.2 Å². The number of aliphatic hydroxyl groups is 4. The van der Waals surface area contributed by atoms with Gasteiger partial charge in [-0.15, -0.1) is 0 Å². The van der Waals surface area contributed by atoms with E-state index < -0.39 is 49.0 Å². The van der Waals surface area contributed by atoms with Crippen molar-refractivity contribution in [1.29, 1.82) is 0 Å². The zero-order valence-electron chi connectivity index (χ0n) is 16.2. The van der Waals surface area contributed by atoms with Crippen molar-refractivity contribution >= 4 is 5.78 Å². The van der Waals surface area contributed by atoms with E-state index in [-0.39, 0.29) is 35.2 Å². The summed E-state index contributed by atoms with van der Waals surface area (Å²) in [5, 5.41) is 59.0. The first-order valence-corrected chi connectivity index (χ1v) is 9.60. The fourth-order valence-corrected chi connectivity index (χ4v) is 3.68. The van der Waals surface area contributed by atoms with Crippen molar-refractivity contribution in [3.63, 3.8) is 0 Å². The van der Waals surface area contributed by atoms with Crippen molar-refractivity contribution in [1.82, 2.24) is 0 Å². The van der Waals surface area contributed by atoms with Gasteiger partial charge in [-0.05, 0) is 17.7 Å². The van der Waals surface area contributed by atoms with E-state index in [2.05, 4.69) is 0 Å². The number of ketones is 1. The molecule has 0 bridgehead atoms. The van der Waals surface area contributed by atoms with Crippen LogP contribution < -0.4 is 9.47 Å². The molecule has 2 aromatic carbocycles. The fraction of sp³-hybridized carbons (Fsp3) is 0.381. The second-order valence-corrected chi connectivity index (χ2v) is 7.45. The first kappa shape index (κ1) is 21.3. The maximum Gasteiger partial charge on any atom is 0.229 e. The molecule has 10 heteroatoms. The van der Waals surface area contributed by atoms with Crippen LogP contribution in [0, 0.1) is 0 Å². The third-order valence-electron chi connectivity index (χ3n) is 5.42. The summed E-state index contributed by atoms with van der Waals surface area (Å²) in [7, 11) is 0. The third-order valence-corrected chi connectivity index (χ3v) is 5.42. The minimum absolute atomic E-state index is 0.000448. The molecule has 31 heavy (non-hydrogen) atoms. The zero-order chi connectivity index (χ0) is 22.3. The number of rotatable bonds is 4. The van der Waals surface area contributed by atoms with E-state index in [1.807, 2.05) is 0 Å². The van der Waals surface area contributed by atoms with Crippen LogP contribution in [-0.4, -0.2) is 80.3 Å². The number of carbonyl (C=O) groups is 1. The van der Waals surface area contributed by atoms with Crippen LogP contribution in [0.2, 0.25) is 0 Å². The Morgan fingerprint density at radius 3 is 2.39 bits per heavy atom. The maximum absolute atomic E-state index is 12.9. The summed E-state index contributed by atoms with van der Waals surface area (Å²) in [6.07, 6.45) is -7.38. The van der Waals surface area contributed by atoms with Crippen molar-refractivity contribution < 1.29 is 49.6 Å². The highest BCUT2D eigenvalue weighted by Gasteiger charge is 2.45. The first-order chi connectivity index (χ1) is 14.8. The number of aliphatic hydroxyl groups excluding tert-OH is 4. The number of phenolic OH excluding ortho intramolecular Hbond substituents is 2. The number of aromatic hydroxyl groups is 2. The molecule has 0 radical (unpaired) electrons. The lowest BCUT2D eigenvalue weighted by Crippen LogP contribution is -2.60. The Balaban J connectivity index is 1.57. The van der Waals surface area contributed by atoms with Gasteiger partial charge in [0.25, 0.3) is 0 Å². The molecule has 0 spiro atoms. The number of hydrogen-bond acceptors (Lipinski definition) is 10. The maximum atomic E-state index is 12.9. The Morgan fingerprint density at radius 1 is 1.00 bits per heavy atom. The van der Waals surface area contributed by atoms with Gasteiger partial charge in [0.1, 0.15) is 59.6 Å². The summed E-state index contributed by atoms with van der Waals surface area (Å²) >= 11 is 0. The minimum atomic E-state index is -1.63. The average Bonchev–Trinajstić information content (AvgIpc) is 2.75. The number of benzene rings is 2. The van der Waals surface area contributed by atoms with Gasteiger partial charge in [0.15, 0.2) is 5.78 Å². The molecule has 2 aliphatic heterocycles. The Labute approximate surface area is 176 Å². The zero-order valence-corrected chi connectivity index (χ0v) is 16.2. The van der Waals surface area contributed by atoms with Crippen molar-refractivity contribution in [2.24, 2.45) is 0 Å². The summed E-state index contributed by atoms with van der Waals surface area (Å²) in [6.45, 7) is -0.615. The van der Waals surface area contributed by atoms with Gasteiger partial charge in [0.2, 0.25) is 6.29 Å². The van der Waals surface area contributed by atoms with E-state index in [1.165, 1.54) is 18.2 Å². The minimum Gasteiger partial charge on any atom is -0.508 e. The van der Waals surface area contributed by atoms with Crippen molar-refractivity contribution in [2.45, 2.75) is 36.6 Å². The van der Waals surface area contributed by atoms with E-state index in [9.17, 15) is 35.4 Å². The molecule has 0 aliphatic carbocycles. The lowest BCUT2D eigenvalue weighted by atomic mass is 9.88. The van der Waals surface area contributed by atoms with E-state index in [0.29, 0.717) is 5.56 Å². The van der Waals surface area contributed by atoms with Gasteiger partial charge in [0, 0.05) is 12.1 Å². The molecule has 6 N–H and O–H groups in total. The van der Waals surface area contributed by atoms with Crippen molar-refractivity contribution in [3.8, 4) is 23.0 Å². The van der Waals surface area contributed by atoms with Gasteiger partial charge >= 0.3 is 0 Å². The highest BCUT2D eigenvalue weighted by Crippen LogP contribution is 2.41. The highest BCUT2D eigenvalue weighted by molar-refractivity contribution is 6.06. The molecule has 166 valence electrons. The van der Waals surface area contributed by atoms with Gasteiger partial charge in [-0.3, -0.25) is 4.79 Å². The van der Waals surface area contributed by atoms with Gasteiger partial charge in [-0.1, -0.05) is 12.1 Å². The smallest absolute Gasteiger partial charge is 0.229 e. The molecule has 0 saturated carbocycles. The summed E-state index contributed by atoms with van der Waals surface area (Å²) in [4.78, 5) is 12.9. The average molecular weight is 434 g/mol. The second-order valence-electron chi connectivity index (χ2n) is 7.45. The molecule has 1 saturated heterocycles. The molecule has 0 amide bonds. The molecule has 2 aromatic rings. The highest BCUT2D eigenvalue weighted by atomic mass is 16.7. The van der Waals surface area contributed by atoms with E-state index in [0.717, 1.165) is 6.07 Å². The van der Waals surface area contributed by atoms with Crippen molar-refractivity contribution in [2.75, 3.05) is 13.2 Å². The van der Waals surface area contributed by atoms with Crippen LogP contribution in [0.25, 0.3) is 0 Å². The van der Waals surface area contributed by atoms with Crippen LogP contribution in [0.4, 0.5) is 0 Å². The van der Waals surface area contributed by atoms with Crippen LogP contribution in [-0.2, 0) is 4.74 Å². The number of ether oxygens (including phenoxy) is 3. The van der Waals surface area contributed by atoms with E-state index >= 15 is 0 Å². The Bertz CT molecular complexity index is 957. The largest absolute Gasteiger partial charge is 0.508 e. The first-order valence-electron chi connectivity index (χ1n) is 9.60. The SMILES string of the molecule is O=C1c2c(O)cc(O[C@H]3O[C@H](CO)[C@@H](O)[C@H](O)[C@@H]3O)cc2OC[C@@H]1c1ccc(O)cc1. The summed E-state index contributed by atoms with van der Waals surface area (Å²) in [5.74, 6) is -1.34. The molecule has 6 atom stereocenters. The second kappa shape index (κ2) is 8.33. The van der Waals surface area contributed by atoms with Crippen LogP contribution in [0.3, 0.4) is 0 Å². The predicted molar refractivity (Wildman–Crippen MR) is 103 cm³/mol. The molecule has 0 aromatic heterocycles. The van der Waals surface area contributed by atoms with Crippen LogP contribution in [0.1, 0.15) is 21.8 Å². The fourth-order valence-electron chi connectivity index (χ4n) is 3.68. The molecular weight excluding hydrogens is 412 g/mol. The monoisotopic (exact) mass is 434 g/mol. The van der Waals surface area contributed by atoms with Crippen LogP contribution >= 0.6 is 0 Å². The van der Waals surface area contributed by atoms with Crippen LogP contribution in [0.5, 0.6) is 23.0 Å². The molecule has 1 fully saturated rings. The van der Waals surface area contributed by atoms with Gasteiger partial charge in [0.05, 0.1) is 12.5 Å². The van der Waals surface area contributed by atoms with Crippen molar-refractivity contribution in [3.05, 3.63) is 47.5 Å². The number of Topliss-reactive ketones (excluding diaryl/α,β-unsaturated/α-hetero) is 1. The quantitative estimate of drug-likeness (QED) is 0.374. The lowest BCUT2D eigenvalue weighted by molar-refractivity contribution is -0.277. The normalized spacial score (nSPS) is 30.4. The molecule has 4 rings (SSSR count). The van der Waals surface area contributed by atoms with Gasteiger partial charge < -0.3 is 44.8 Å². The molecule has 10 nitrogen and oxygen atoms in total. The third kappa shape index (κ3) is 3.91. The Kier molecular flexibility index (Phi) is 5.73. The summed E-state index contributed by atoms with van der Waals surface area (Å²) < 4.78 is 16.4. The predicted octanol–water partition coefficient (Wildman–Crippen LogP) is -0.365. The Morgan fingerprint density at radius 2 is 1.71 bits per heavy atom. The van der Waals surface area contributed by atoms with Crippen LogP contribution in [0.15, 0.2) is 36.4 Å². The number of carbonyl (C=O) groups excluding carboxylic acids is 1. The molecule has 0 unspecified atom stereocenters. The molecule has 2 aliphatic rings. The number of hydrogen-bond donors (Lipinski definition) is 6. The van der Waals surface area contributed by atoms with E-state index in [1.54, 1.807) is 12.1 Å². The summed E-state index contributed by atoms with van der Waals surface area (Å²) in [6, 6.07) is 8.58. The standard InChI is InChI=1S/C21H22O10/c22-7-15-18(26)19(27)20(28)21(31-15)30-11-5-13(24)16-14(6-11)29-8-12(17(16)25)9-1-3-10(23)4-2-9/h1-6,12,15,18-24,26-28H,7-8H2/t12-,15-,18-,19+,20+,21+/m1/s1. The summed E-state index contributed by atoms with van der Waals surface area (Å²) in [5.41, 5.74) is 0.583. The Hall–Kier alpha value is -2.89. The topological polar surface area (TPSA) is 166 Å². The number of phenols is 2. The van der Waals surface area contributed by atoms with Gasteiger partial charge in [-0.25, -0.2) is 0 Å². The van der Waals surface area contributed by atoms with Gasteiger partial charge in [-0.2, -0.15) is 0 Å². The lowest BCUT2D eigenvalue weighted by Gasteiger charge is -2.39. The number of fused-ring (bicyclic) bond motifs is 1. The molecule has 2 heterocycles. The molecular formula is C21H22O10.